The van der Waals surface area contributed by atoms with Gasteiger partial charge in [0.1, 0.15) is 0 Å². The van der Waals surface area contributed by atoms with Crippen LogP contribution in [0, 0.1) is 0 Å². The summed E-state index contributed by atoms with van der Waals surface area (Å²) in [5.41, 5.74) is 5.09. The van der Waals surface area contributed by atoms with Gasteiger partial charge in [-0.3, -0.25) is 0 Å². The van der Waals surface area contributed by atoms with E-state index in [4.69, 9.17) is 4.98 Å². The molecule has 0 saturated heterocycles. The first-order valence-electron chi connectivity index (χ1n) is 8.00. The van der Waals surface area contributed by atoms with Crippen LogP contribution >= 0.6 is 11.3 Å². The van der Waals surface area contributed by atoms with Crippen LogP contribution in [-0.2, 0) is 0 Å². The molecule has 0 atom stereocenters. The molecule has 0 aliphatic carbocycles. The van der Waals surface area contributed by atoms with Crippen LogP contribution in [0.2, 0.25) is 0 Å². The SMILES string of the molecule is c1ccc2cc(-c3csc(Nc4ccc5nc[nH]c5c4)n3)ccc2c1. The van der Waals surface area contributed by atoms with E-state index in [1.54, 1.807) is 17.7 Å². The van der Waals surface area contributed by atoms with Gasteiger partial charge in [-0.25, -0.2) is 9.97 Å². The highest BCUT2D eigenvalue weighted by atomic mass is 32.1. The third-order valence-corrected chi connectivity index (χ3v) is 4.98. The van der Waals surface area contributed by atoms with Gasteiger partial charge in [0.05, 0.1) is 23.1 Å². The third kappa shape index (κ3) is 2.64. The molecule has 2 N–H and O–H groups in total. The number of hydrogen-bond donors (Lipinski definition) is 2. The Labute approximate surface area is 148 Å². The second-order valence-electron chi connectivity index (χ2n) is 5.86. The zero-order valence-corrected chi connectivity index (χ0v) is 14.0. The number of anilines is 2. The van der Waals surface area contributed by atoms with E-state index in [0.29, 0.717) is 0 Å². The lowest BCUT2D eigenvalue weighted by Crippen LogP contribution is -1.89. The molecule has 0 bridgehead atoms. The zero-order valence-electron chi connectivity index (χ0n) is 13.2. The molecule has 0 aliphatic rings. The fourth-order valence-electron chi connectivity index (χ4n) is 2.95. The minimum absolute atomic E-state index is 0.877. The summed E-state index contributed by atoms with van der Waals surface area (Å²) in [4.78, 5) is 12.1. The molecule has 4 nitrogen and oxygen atoms in total. The van der Waals surface area contributed by atoms with Crippen molar-refractivity contribution in [1.29, 1.82) is 0 Å². The highest BCUT2D eigenvalue weighted by molar-refractivity contribution is 7.14. The summed E-state index contributed by atoms with van der Waals surface area (Å²) >= 11 is 1.60. The van der Waals surface area contributed by atoms with Crippen molar-refractivity contribution in [3.05, 3.63) is 72.4 Å². The Balaban J connectivity index is 1.45. The van der Waals surface area contributed by atoms with E-state index >= 15 is 0 Å². The van der Waals surface area contributed by atoms with Crippen LogP contribution in [0.15, 0.2) is 72.4 Å². The molecule has 0 amide bonds. The van der Waals surface area contributed by atoms with Crippen LogP contribution < -0.4 is 5.32 Å². The normalized spacial score (nSPS) is 11.2. The predicted octanol–water partition coefficient (Wildman–Crippen LogP) is 5.58. The number of nitrogens with zero attached hydrogens (tertiary/aromatic N) is 2. The Hall–Kier alpha value is -3.18. The number of aromatic nitrogens is 3. The topological polar surface area (TPSA) is 53.6 Å². The number of H-pyrrole nitrogens is 1. The number of thiazole rings is 1. The maximum absolute atomic E-state index is 4.73. The lowest BCUT2D eigenvalue weighted by molar-refractivity contribution is 1.34. The molecule has 0 saturated carbocycles. The number of fused-ring (bicyclic) bond motifs is 2. The van der Waals surface area contributed by atoms with Crippen LogP contribution in [0.1, 0.15) is 0 Å². The minimum atomic E-state index is 0.877. The van der Waals surface area contributed by atoms with E-state index in [0.717, 1.165) is 33.1 Å². The Kier molecular flexibility index (Phi) is 3.24. The zero-order chi connectivity index (χ0) is 16.6. The van der Waals surface area contributed by atoms with Crippen molar-refractivity contribution < 1.29 is 0 Å². The number of rotatable bonds is 3. The van der Waals surface area contributed by atoms with E-state index in [2.05, 4.69) is 63.1 Å². The lowest BCUT2D eigenvalue weighted by Gasteiger charge is -2.03. The highest BCUT2D eigenvalue weighted by Gasteiger charge is 2.06. The van der Waals surface area contributed by atoms with Gasteiger partial charge >= 0.3 is 0 Å². The average molecular weight is 342 g/mol. The summed E-state index contributed by atoms with van der Waals surface area (Å²) in [5, 5.41) is 8.81. The van der Waals surface area contributed by atoms with Crippen LogP contribution in [0.5, 0.6) is 0 Å². The smallest absolute Gasteiger partial charge is 0.187 e. The molecule has 5 heteroatoms. The van der Waals surface area contributed by atoms with Gasteiger partial charge in [0, 0.05) is 16.6 Å². The third-order valence-electron chi connectivity index (χ3n) is 4.22. The molecular formula is C20H14N4S. The van der Waals surface area contributed by atoms with Gasteiger partial charge in [0.15, 0.2) is 5.13 Å². The molecule has 3 aromatic carbocycles. The summed E-state index contributed by atoms with van der Waals surface area (Å²) in [5.74, 6) is 0. The van der Waals surface area contributed by atoms with Gasteiger partial charge in [-0.1, -0.05) is 36.4 Å². The summed E-state index contributed by atoms with van der Waals surface area (Å²) in [7, 11) is 0. The molecule has 0 fully saturated rings. The maximum Gasteiger partial charge on any atom is 0.187 e. The minimum Gasteiger partial charge on any atom is -0.345 e. The molecule has 120 valence electrons. The molecule has 0 aliphatic heterocycles. The second-order valence-corrected chi connectivity index (χ2v) is 6.72. The van der Waals surface area contributed by atoms with E-state index in [1.807, 2.05) is 18.2 Å². The molecule has 25 heavy (non-hydrogen) atoms. The first-order valence-corrected chi connectivity index (χ1v) is 8.88. The van der Waals surface area contributed by atoms with Crippen molar-refractivity contribution in [3.63, 3.8) is 0 Å². The van der Waals surface area contributed by atoms with E-state index < -0.39 is 0 Å². The van der Waals surface area contributed by atoms with E-state index in [-0.39, 0.29) is 0 Å². The fourth-order valence-corrected chi connectivity index (χ4v) is 3.69. The van der Waals surface area contributed by atoms with Crippen molar-refractivity contribution in [2.75, 3.05) is 5.32 Å². The molecule has 0 radical (unpaired) electrons. The first-order chi connectivity index (χ1) is 12.3. The Bertz CT molecular complexity index is 1190. The van der Waals surface area contributed by atoms with Crippen LogP contribution in [0.25, 0.3) is 33.1 Å². The van der Waals surface area contributed by atoms with Crippen molar-refractivity contribution in [1.82, 2.24) is 15.0 Å². The summed E-state index contributed by atoms with van der Waals surface area (Å²) in [6.45, 7) is 0. The van der Waals surface area contributed by atoms with E-state index in [9.17, 15) is 0 Å². The molecule has 5 aromatic rings. The summed E-state index contributed by atoms with van der Waals surface area (Å²) in [6, 6.07) is 20.9. The molecule has 5 rings (SSSR count). The van der Waals surface area contributed by atoms with Gasteiger partial charge in [0.25, 0.3) is 0 Å². The summed E-state index contributed by atoms with van der Waals surface area (Å²) < 4.78 is 0. The number of benzene rings is 3. The van der Waals surface area contributed by atoms with Crippen molar-refractivity contribution in [2.45, 2.75) is 0 Å². The quantitative estimate of drug-likeness (QED) is 0.450. The lowest BCUT2D eigenvalue weighted by atomic mass is 10.1. The number of nitrogens with one attached hydrogen (secondary N) is 2. The van der Waals surface area contributed by atoms with Crippen molar-refractivity contribution in [2.24, 2.45) is 0 Å². The van der Waals surface area contributed by atoms with Crippen LogP contribution in [0.3, 0.4) is 0 Å². The van der Waals surface area contributed by atoms with Crippen molar-refractivity contribution in [3.8, 4) is 11.3 Å². The number of aromatic amines is 1. The monoisotopic (exact) mass is 342 g/mol. The molecule has 2 aromatic heterocycles. The largest absolute Gasteiger partial charge is 0.345 e. The number of hydrogen-bond acceptors (Lipinski definition) is 4. The molecule has 0 unspecified atom stereocenters. The Morgan fingerprint density at radius 1 is 0.920 bits per heavy atom. The fraction of sp³-hybridized carbons (Fsp3) is 0. The van der Waals surface area contributed by atoms with Gasteiger partial charge in [-0.15, -0.1) is 11.3 Å². The highest BCUT2D eigenvalue weighted by Crippen LogP contribution is 2.29. The van der Waals surface area contributed by atoms with Crippen LogP contribution in [-0.4, -0.2) is 15.0 Å². The van der Waals surface area contributed by atoms with Gasteiger partial charge in [-0.2, -0.15) is 0 Å². The molecule has 0 spiro atoms. The van der Waals surface area contributed by atoms with E-state index in [1.165, 1.54) is 10.8 Å². The average Bonchev–Trinajstić information content (AvgIpc) is 3.30. The predicted molar refractivity (Wildman–Crippen MR) is 104 cm³/mol. The Morgan fingerprint density at radius 3 is 2.80 bits per heavy atom. The summed E-state index contributed by atoms with van der Waals surface area (Å²) in [6.07, 6.45) is 1.70. The second kappa shape index (κ2) is 5.72. The first kappa shape index (κ1) is 14.2. The van der Waals surface area contributed by atoms with Gasteiger partial charge < -0.3 is 10.3 Å². The molecule has 2 heterocycles. The van der Waals surface area contributed by atoms with Gasteiger partial charge in [0.2, 0.25) is 0 Å². The van der Waals surface area contributed by atoms with Gasteiger partial charge in [-0.05, 0) is 35.0 Å². The standard InChI is InChI=1S/C20H14N4S/c1-2-4-14-9-15(6-5-13(14)3-1)19-11-25-20(24-19)23-16-7-8-17-18(10-16)22-12-21-17/h1-12H,(H,21,22)(H,23,24). The van der Waals surface area contributed by atoms with Crippen molar-refractivity contribution >= 4 is 44.0 Å². The molecular weight excluding hydrogens is 328 g/mol. The van der Waals surface area contributed by atoms with Crippen LogP contribution in [0.4, 0.5) is 10.8 Å². The number of imidazole rings is 1. The maximum atomic E-state index is 4.73. The Morgan fingerprint density at radius 2 is 1.84 bits per heavy atom.